The van der Waals surface area contributed by atoms with Gasteiger partial charge in [0.1, 0.15) is 0 Å². The predicted octanol–water partition coefficient (Wildman–Crippen LogP) is 2.56. The standard InChI is InChI=1S/C11H20F3NO/c1-2-15(8-10(16)11(12,13)14)9-6-4-3-5-7-9/h9-10,16H,2-8H2,1H3. The van der Waals surface area contributed by atoms with Gasteiger partial charge in [0.2, 0.25) is 0 Å². The molecule has 0 aliphatic heterocycles. The maximum absolute atomic E-state index is 12.2. The minimum atomic E-state index is -4.50. The van der Waals surface area contributed by atoms with Crippen molar-refractivity contribution in [1.82, 2.24) is 4.90 Å². The van der Waals surface area contributed by atoms with E-state index in [0.717, 1.165) is 25.7 Å². The summed E-state index contributed by atoms with van der Waals surface area (Å²) in [7, 11) is 0. The number of hydrogen-bond acceptors (Lipinski definition) is 2. The number of likely N-dealkylation sites (N-methyl/N-ethyl adjacent to an activating group) is 1. The summed E-state index contributed by atoms with van der Waals surface area (Å²) in [5, 5.41) is 9.05. The Morgan fingerprint density at radius 3 is 2.25 bits per heavy atom. The monoisotopic (exact) mass is 239 g/mol. The van der Waals surface area contributed by atoms with E-state index in [1.54, 1.807) is 4.90 Å². The van der Waals surface area contributed by atoms with Crippen LogP contribution < -0.4 is 0 Å². The lowest BCUT2D eigenvalue weighted by molar-refractivity contribution is -0.209. The Hall–Kier alpha value is -0.290. The molecule has 1 unspecified atom stereocenters. The highest BCUT2D eigenvalue weighted by Crippen LogP contribution is 2.25. The molecule has 5 heteroatoms. The first-order valence-corrected chi connectivity index (χ1v) is 5.94. The first kappa shape index (κ1) is 13.8. The van der Waals surface area contributed by atoms with Crippen LogP contribution in [-0.4, -0.2) is 41.4 Å². The number of alkyl halides is 3. The molecule has 96 valence electrons. The molecule has 0 radical (unpaired) electrons. The van der Waals surface area contributed by atoms with Crippen LogP contribution in [-0.2, 0) is 0 Å². The van der Waals surface area contributed by atoms with E-state index in [0.29, 0.717) is 6.54 Å². The summed E-state index contributed by atoms with van der Waals surface area (Å²) in [6, 6.07) is 0.218. The number of aliphatic hydroxyl groups excluding tert-OH is 1. The second kappa shape index (κ2) is 5.87. The second-order valence-electron chi connectivity index (χ2n) is 4.44. The zero-order chi connectivity index (χ0) is 12.2. The Balaban J connectivity index is 2.47. The zero-order valence-electron chi connectivity index (χ0n) is 9.63. The maximum Gasteiger partial charge on any atom is 0.415 e. The number of hydrogen-bond donors (Lipinski definition) is 1. The maximum atomic E-state index is 12.2. The van der Waals surface area contributed by atoms with Gasteiger partial charge in [-0.25, -0.2) is 0 Å². The van der Waals surface area contributed by atoms with Crippen molar-refractivity contribution < 1.29 is 18.3 Å². The normalized spacial score (nSPS) is 21.4. The topological polar surface area (TPSA) is 23.5 Å². The van der Waals surface area contributed by atoms with Gasteiger partial charge in [-0.05, 0) is 19.4 Å². The van der Waals surface area contributed by atoms with Crippen molar-refractivity contribution in [2.45, 2.75) is 57.3 Å². The Bertz CT molecular complexity index is 202. The van der Waals surface area contributed by atoms with Crippen molar-refractivity contribution in [1.29, 1.82) is 0 Å². The molecule has 0 bridgehead atoms. The largest absolute Gasteiger partial charge is 0.415 e. The van der Waals surface area contributed by atoms with Gasteiger partial charge in [-0.15, -0.1) is 0 Å². The summed E-state index contributed by atoms with van der Waals surface area (Å²) in [5.74, 6) is 0. The van der Waals surface area contributed by atoms with Crippen LogP contribution in [0.3, 0.4) is 0 Å². The molecule has 1 atom stereocenters. The predicted molar refractivity (Wildman–Crippen MR) is 56.2 cm³/mol. The summed E-state index contributed by atoms with van der Waals surface area (Å²) in [6.45, 7) is 2.13. The molecule has 1 saturated carbocycles. The van der Waals surface area contributed by atoms with Crippen LogP contribution in [0.1, 0.15) is 39.0 Å². The molecule has 0 amide bonds. The van der Waals surface area contributed by atoms with Crippen LogP contribution >= 0.6 is 0 Å². The van der Waals surface area contributed by atoms with Crippen LogP contribution in [0.5, 0.6) is 0 Å². The summed E-state index contributed by atoms with van der Waals surface area (Å²) in [5.41, 5.74) is 0. The lowest BCUT2D eigenvalue weighted by Crippen LogP contribution is -2.46. The van der Waals surface area contributed by atoms with Gasteiger partial charge in [0.05, 0.1) is 0 Å². The fraction of sp³-hybridized carbons (Fsp3) is 1.00. The van der Waals surface area contributed by atoms with Gasteiger partial charge in [0.15, 0.2) is 6.10 Å². The third-order valence-electron chi connectivity index (χ3n) is 3.28. The molecule has 1 fully saturated rings. The lowest BCUT2D eigenvalue weighted by atomic mass is 9.94. The SMILES string of the molecule is CCN(CC(O)C(F)(F)F)C1CCCCC1. The van der Waals surface area contributed by atoms with Crippen LogP contribution in [0.2, 0.25) is 0 Å². The summed E-state index contributed by atoms with van der Waals surface area (Å²) >= 11 is 0. The van der Waals surface area contributed by atoms with E-state index >= 15 is 0 Å². The molecule has 1 N–H and O–H groups in total. The smallest absolute Gasteiger partial charge is 0.382 e. The van der Waals surface area contributed by atoms with Crippen LogP contribution in [0, 0.1) is 0 Å². The van der Waals surface area contributed by atoms with Gasteiger partial charge < -0.3 is 5.11 Å². The van der Waals surface area contributed by atoms with Crippen LogP contribution in [0.4, 0.5) is 13.2 Å². The Labute approximate surface area is 94.4 Å². The van der Waals surface area contributed by atoms with Gasteiger partial charge in [-0.3, -0.25) is 4.90 Å². The molecule has 1 aliphatic carbocycles. The molecule has 0 aromatic heterocycles. The van der Waals surface area contributed by atoms with E-state index in [1.165, 1.54) is 6.42 Å². The molecule has 0 heterocycles. The van der Waals surface area contributed by atoms with Gasteiger partial charge in [-0.2, -0.15) is 13.2 Å². The van der Waals surface area contributed by atoms with Crippen molar-refractivity contribution in [2.24, 2.45) is 0 Å². The zero-order valence-corrected chi connectivity index (χ0v) is 9.63. The average Bonchev–Trinajstić information content (AvgIpc) is 2.25. The molecular formula is C11H20F3NO. The minimum absolute atomic E-state index is 0.218. The highest BCUT2D eigenvalue weighted by molar-refractivity contribution is 4.79. The Kier molecular flexibility index (Phi) is 5.05. The van der Waals surface area contributed by atoms with Crippen molar-refractivity contribution in [3.05, 3.63) is 0 Å². The second-order valence-corrected chi connectivity index (χ2v) is 4.44. The van der Waals surface area contributed by atoms with E-state index < -0.39 is 12.3 Å². The van der Waals surface area contributed by atoms with Crippen LogP contribution in [0.15, 0.2) is 0 Å². The van der Waals surface area contributed by atoms with E-state index in [9.17, 15) is 13.2 Å². The third kappa shape index (κ3) is 3.94. The first-order valence-electron chi connectivity index (χ1n) is 5.94. The molecule has 2 nitrogen and oxygen atoms in total. The molecule has 0 aromatic carbocycles. The van der Waals surface area contributed by atoms with Gasteiger partial charge in [0, 0.05) is 12.6 Å². The van der Waals surface area contributed by atoms with E-state index in [-0.39, 0.29) is 12.6 Å². The summed E-state index contributed by atoms with van der Waals surface area (Å²) in [4.78, 5) is 1.76. The summed E-state index contributed by atoms with van der Waals surface area (Å²) < 4.78 is 36.7. The summed E-state index contributed by atoms with van der Waals surface area (Å²) in [6.07, 6.45) is -1.45. The average molecular weight is 239 g/mol. The van der Waals surface area contributed by atoms with Crippen LogP contribution in [0.25, 0.3) is 0 Å². The quantitative estimate of drug-likeness (QED) is 0.815. The van der Waals surface area contributed by atoms with Crippen molar-refractivity contribution in [2.75, 3.05) is 13.1 Å². The molecule has 1 rings (SSSR count). The first-order chi connectivity index (χ1) is 7.45. The van der Waals surface area contributed by atoms with Gasteiger partial charge in [-0.1, -0.05) is 26.2 Å². The molecule has 0 spiro atoms. The molecule has 0 saturated heterocycles. The number of halogens is 3. The van der Waals surface area contributed by atoms with Gasteiger partial charge in [0.25, 0.3) is 0 Å². The lowest BCUT2D eigenvalue weighted by Gasteiger charge is -2.35. The fourth-order valence-corrected chi connectivity index (χ4v) is 2.31. The fourth-order valence-electron chi connectivity index (χ4n) is 2.31. The highest BCUT2D eigenvalue weighted by Gasteiger charge is 2.39. The Morgan fingerprint density at radius 2 is 1.81 bits per heavy atom. The van der Waals surface area contributed by atoms with E-state index in [1.807, 2.05) is 6.92 Å². The van der Waals surface area contributed by atoms with Gasteiger partial charge >= 0.3 is 6.18 Å². The highest BCUT2D eigenvalue weighted by atomic mass is 19.4. The van der Waals surface area contributed by atoms with E-state index in [4.69, 9.17) is 5.11 Å². The number of nitrogens with zero attached hydrogens (tertiary/aromatic N) is 1. The minimum Gasteiger partial charge on any atom is -0.382 e. The molecule has 16 heavy (non-hydrogen) atoms. The van der Waals surface area contributed by atoms with Crippen molar-refractivity contribution >= 4 is 0 Å². The molecule has 0 aromatic rings. The Morgan fingerprint density at radius 1 is 1.25 bits per heavy atom. The molecule has 1 aliphatic rings. The number of rotatable bonds is 4. The third-order valence-corrected chi connectivity index (χ3v) is 3.28. The van der Waals surface area contributed by atoms with Crippen molar-refractivity contribution in [3.63, 3.8) is 0 Å². The number of aliphatic hydroxyl groups is 1. The van der Waals surface area contributed by atoms with E-state index in [2.05, 4.69) is 0 Å². The molecular weight excluding hydrogens is 219 g/mol. The van der Waals surface area contributed by atoms with Crippen molar-refractivity contribution in [3.8, 4) is 0 Å².